The summed E-state index contributed by atoms with van der Waals surface area (Å²) in [7, 11) is 0. The standard InChI is InChI=1S/C11H19NO5/c1-4-6-10(14)16-7-9(8(3)13)17-11(15)12-5-2/h9H,4-7H2,1-3H3,(H,12,15). The molecule has 1 amide bonds. The van der Waals surface area contributed by atoms with E-state index in [4.69, 9.17) is 9.47 Å². The number of rotatable bonds is 7. The van der Waals surface area contributed by atoms with E-state index in [0.717, 1.165) is 0 Å². The lowest BCUT2D eigenvalue weighted by Gasteiger charge is -2.15. The van der Waals surface area contributed by atoms with E-state index in [9.17, 15) is 14.4 Å². The zero-order chi connectivity index (χ0) is 13.3. The first-order valence-electron chi connectivity index (χ1n) is 5.61. The number of carbonyl (C=O) groups is 3. The molecule has 98 valence electrons. The van der Waals surface area contributed by atoms with Crippen molar-refractivity contribution in [3.05, 3.63) is 0 Å². The maximum atomic E-state index is 11.2. The van der Waals surface area contributed by atoms with Gasteiger partial charge in [0.2, 0.25) is 0 Å². The fourth-order valence-electron chi connectivity index (χ4n) is 0.994. The molecule has 0 fully saturated rings. The van der Waals surface area contributed by atoms with Crippen LogP contribution in [0.15, 0.2) is 0 Å². The number of carbonyl (C=O) groups excluding carboxylic acids is 3. The predicted octanol–water partition coefficient (Wildman–Crippen LogP) is 1.03. The quantitative estimate of drug-likeness (QED) is 0.677. The van der Waals surface area contributed by atoms with Crippen molar-refractivity contribution in [3.63, 3.8) is 0 Å². The fraction of sp³-hybridized carbons (Fsp3) is 0.727. The van der Waals surface area contributed by atoms with Crippen LogP contribution in [0.5, 0.6) is 0 Å². The molecule has 1 N–H and O–H groups in total. The van der Waals surface area contributed by atoms with Gasteiger partial charge in [0.05, 0.1) is 0 Å². The van der Waals surface area contributed by atoms with Gasteiger partial charge in [0, 0.05) is 13.0 Å². The van der Waals surface area contributed by atoms with Gasteiger partial charge in [-0.2, -0.15) is 0 Å². The number of hydrogen-bond donors (Lipinski definition) is 1. The third-order valence-corrected chi connectivity index (χ3v) is 1.87. The zero-order valence-electron chi connectivity index (χ0n) is 10.4. The van der Waals surface area contributed by atoms with Crippen molar-refractivity contribution in [2.24, 2.45) is 0 Å². The molecule has 0 aromatic rings. The maximum absolute atomic E-state index is 11.2. The van der Waals surface area contributed by atoms with Crippen molar-refractivity contribution >= 4 is 17.8 Å². The van der Waals surface area contributed by atoms with Crippen molar-refractivity contribution in [3.8, 4) is 0 Å². The highest BCUT2D eigenvalue weighted by atomic mass is 16.6. The highest BCUT2D eigenvalue weighted by Gasteiger charge is 2.20. The van der Waals surface area contributed by atoms with E-state index in [0.29, 0.717) is 13.0 Å². The lowest BCUT2D eigenvalue weighted by Crippen LogP contribution is -2.35. The molecule has 0 aliphatic carbocycles. The summed E-state index contributed by atoms with van der Waals surface area (Å²) in [6, 6.07) is 0. The summed E-state index contributed by atoms with van der Waals surface area (Å²) in [5.41, 5.74) is 0. The van der Waals surface area contributed by atoms with E-state index in [1.165, 1.54) is 6.92 Å². The lowest BCUT2D eigenvalue weighted by molar-refractivity contribution is -0.148. The Balaban J connectivity index is 4.11. The minimum Gasteiger partial charge on any atom is -0.461 e. The van der Waals surface area contributed by atoms with E-state index in [1.807, 2.05) is 6.92 Å². The smallest absolute Gasteiger partial charge is 0.407 e. The van der Waals surface area contributed by atoms with E-state index in [2.05, 4.69) is 5.32 Å². The molecule has 0 aliphatic heterocycles. The molecule has 0 radical (unpaired) electrons. The van der Waals surface area contributed by atoms with Crippen LogP contribution in [-0.2, 0) is 19.1 Å². The summed E-state index contributed by atoms with van der Waals surface area (Å²) >= 11 is 0. The maximum Gasteiger partial charge on any atom is 0.407 e. The first-order valence-corrected chi connectivity index (χ1v) is 5.61. The summed E-state index contributed by atoms with van der Waals surface area (Å²) in [5, 5.41) is 2.39. The van der Waals surface area contributed by atoms with Crippen LogP contribution in [0.3, 0.4) is 0 Å². The predicted molar refractivity (Wildman–Crippen MR) is 60.5 cm³/mol. The second-order valence-electron chi connectivity index (χ2n) is 3.47. The highest BCUT2D eigenvalue weighted by molar-refractivity contribution is 5.83. The average Bonchev–Trinajstić information content (AvgIpc) is 2.24. The Morgan fingerprint density at radius 3 is 2.35 bits per heavy atom. The SMILES string of the molecule is CCCC(=O)OCC(OC(=O)NCC)C(C)=O. The second kappa shape index (κ2) is 8.55. The summed E-state index contributed by atoms with van der Waals surface area (Å²) < 4.78 is 9.62. The molecule has 0 aromatic heterocycles. The minimum absolute atomic E-state index is 0.231. The Kier molecular flexibility index (Phi) is 7.75. The van der Waals surface area contributed by atoms with Crippen LogP contribution in [0.1, 0.15) is 33.6 Å². The van der Waals surface area contributed by atoms with Crippen LogP contribution >= 0.6 is 0 Å². The van der Waals surface area contributed by atoms with Crippen molar-refractivity contribution in [1.82, 2.24) is 5.32 Å². The van der Waals surface area contributed by atoms with Gasteiger partial charge in [0.25, 0.3) is 0 Å². The van der Waals surface area contributed by atoms with Gasteiger partial charge in [-0.15, -0.1) is 0 Å². The molecule has 0 aromatic carbocycles. The lowest BCUT2D eigenvalue weighted by atomic mass is 10.2. The second-order valence-corrected chi connectivity index (χ2v) is 3.47. The van der Waals surface area contributed by atoms with Crippen molar-refractivity contribution < 1.29 is 23.9 Å². The normalized spacial score (nSPS) is 11.5. The van der Waals surface area contributed by atoms with E-state index in [1.54, 1.807) is 6.92 Å². The van der Waals surface area contributed by atoms with Crippen LogP contribution in [0.4, 0.5) is 4.79 Å². The number of amides is 1. The van der Waals surface area contributed by atoms with Gasteiger partial charge in [-0.1, -0.05) is 6.92 Å². The molecule has 0 spiro atoms. The average molecular weight is 245 g/mol. The van der Waals surface area contributed by atoms with Gasteiger partial charge in [-0.3, -0.25) is 9.59 Å². The number of alkyl carbamates (subject to hydrolysis) is 1. The number of Topliss-reactive ketones (excluding diaryl/α,β-unsaturated/α-hetero) is 1. The van der Waals surface area contributed by atoms with Crippen LogP contribution < -0.4 is 5.32 Å². The largest absolute Gasteiger partial charge is 0.461 e. The zero-order valence-corrected chi connectivity index (χ0v) is 10.4. The van der Waals surface area contributed by atoms with Crippen LogP contribution in [0.25, 0.3) is 0 Å². The Hall–Kier alpha value is -1.59. The van der Waals surface area contributed by atoms with Gasteiger partial charge < -0.3 is 14.8 Å². The van der Waals surface area contributed by atoms with Gasteiger partial charge in [0.15, 0.2) is 11.9 Å². The monoisotopic (exact) mass is 245 g/mol. The summed E-state index contributed by atoms with van der Waals surface area (Å²) in [5.74, 6) is -0.765. The molecule has 1 atom stereocenters. The van der Waals surface area contributed by atoms with Gasteiger partial charge >= 0.3 is 12.1 Å². The Bertz CT molecular complexity index is 277. The Labute approximate surface area is 101 Å². The third kappa shape index (κ3) is 7.32. The molecular weight excluding hydrogens is 226 g/mol. The molecular formula is C11H19NO5. The van der Waals surface area contributed by atoms with E-state index in [-0.39, 0.29) is 18.8 Å². The summed E-state index contributed by atoms with van der Waals surface area (Å²) in [6.45, 7) is 5.02. The van der Waals surface area contributed by atoms with Gasteiger partial charge in [0.1, 0.15) is 6.61 Å². The molecule has 17 heavy (non-hydrogen) atoms. The molecule has 0 saturated heterocycles. The van der Waals surface area contributed by atoms with E-state index < -0.39 is 18.2 Å². The molecule has 6 heteroatoms. The molecule has 0 aliphatic rings. The molecule has 0 bridgehead atoms. The van der Waals surface area contributed by atoms with Gasteiger partial charge in [-0.05, 0) is 20.3 Å². The number of hydrogen-bond acceptors (Lipinski definition) is 5. The number of esters is 1. The Morgan fingerprint density at radius 1 is 1.24 bits per heavy atom. The van der Waals surface area contributed by atoms with Crippen LogP contribution in [0.2, 0.25) is 0 Å². The van der Waals surface area contributed by atoms with Crippen molar-refractivity contribution in [2.45, 2.75) is 39.7 Å². The minimum atomic E-state index is -1.04. The fourth-order valence-corrected chi connectivity index (χ4v) is 0.994. The summed E-state index contributed by atoms with van der Waals surface area (Å²) in [4.78, 5) is 33.4. The number of ketones is 1. The first kappa shape index (κ1) is 15.4. The molecule has 1 unspecified atom stereocenters. The molecule has 6 nitrogen and oxygen atoms in total. The van der Waals surface area contributed by atoms with E-state index >= 15 is 0 Å². The van der Waals surface area contributed by atoms with Gasteiger partial charge in [-0.25, -0.2) is 4.79 Å². The topological polar surface area (TPSA) is 81.7 Å². The van der Waals surface area contributed by atoms with Crippen LogP contribution in [-0.4, -0.2) is 37.1 Å². The first-order chi connectivity index (χ1) is 8.01. The number of nitrogens with one attached hydrogen (secondary N) is 1. The highest BCUT2D eigenvalue weighted by Crippen LogP contribution is 1.99. The number of ether oxygens (including phenoxy) is 2. The van der Waals surface area contributed by atoms with Crippen molar-refractivity contribution in [2.75, 3.05) is 13.2 Å². The van der Waals surface area contributed by atoms with Crippen LogP contribution in [0, 0.1) is 0 Å². The third-order valence-electron chi connectivity index (χ3n) is 1.87. The van der Waals surface area contributed by atoms with Crippen molar-refractivity contribution in [1.29, 1.82) is 0 Å². The Morgan fingerprint density at radius 2 is 1.88 bits per heavy atom. The summed E-state index contributed by atoms with van der Waals surface area (Å²) in [6.07, 6.45) is -0.784. The molecule has 0 rings (SSSR count). The molecule has 0 heterocycles. The molecule has 0 saturated carbocycles.